The van der Waals surface area contributed by atoms with Gasteiger partial charge in [0.25, 0.3) is 11.5 Å². The summed E-state index contributed by atoms with van der Waals surface area (Å²) >= 11 is 1.43. The Kier molecular flexibility index (Phi) is 5.54. The van der Waals surface area contributed by atoms with Crippen LogP contribution in [0.15, 0.2) is 76.3 Å². The molecule has 9 heteroatoms. The number of para-hydroxylation sites is 1. The Morgan fingerprint density at radius 2 is 1.65 bits per heavy atom. The Morgan fingerprint density at radius 3 is 2.41 bits per heavy atom. The number of hydrogen-bond acceptors (Lipinski definition) is 6. The van der Waals surface area contributed by atoms with Gasteiger partial charge in [0.05, 0.1) is 15.6 Å². The molecule has 1 amide bonds. The smallest absolute Gasteiger partial charge is 0.282 e. The Labute approximate surface area is 198 Å². The van der Waals surface area contributed by atoms with Crippen LogP contribution in [0.25, 0.3) is 21.3 Å². The van der Waals surface area contributed by atoms with Crippen molar-refractivity contribution in [3.63, 3.8) is 0 Å². The number of fused-ring (bicyclic) bond motifs is 2. The number of benzene rings is 2. The fourth-order valence-electron chi connectivity index (χ4n) is 3.86. The van der Waals surface area contributed by atoms with Crippen molar-refractivity contribution in [3.8, 4) is 0 Å². The average molecular weight is 472 g/mol. The molecule has 5 rings (SSSR count). The highest BCUT2D eigenvalue weighted by Crippen LogP contribution is 2.29. The molecule has 34 heavy (non-hydrogen) atoms. The molecule has 0 atom stereocenters. The molecular weight excluding hydrogens is 450 g/mol. The van der Waals surface area contributed by atoms with Gasteiger partial charge in [-0.05, 0) is 36.2 Å². The first-order chi connectivity index (χ1) is 16.4. The maximum Gasteiger partial charge on any atom is 0.332 e. The van der Waals surface area contributed by atoms with Crippen LogP contribution < -0.4 is 16.1 Å². The summed E-state index contributed by atoms with van der Waals surface area (Å²) in [4.78, 5) is 49.3. The molecule has 0 aliphatic heterocycles. The zero-order chi connectivity index (χ0) is 23.8. The first kappa shape index (κ1) is 21.7. The number of carbonyl (C=O) groups excluding carboxylic acids is 1. The number of carbonyl (C=O) groups is 1. The third-order valence-corrected chi connectivity index (χ3v) is 6.81. The van der Waals surface area contributed by atoms with E-state index in [1.54, 1.807) is 11.0 Å². The average Bonchev–Trinajstić information content (AvgIpc) is 3.30. The van der Waals surface area contributed by atoms with Crippen molar-refractivity contribution in [2.45, 2.75) is 6.42 Å². The molecule has 3 aromatic heterocycles. The summed E-state index contributed by atoms with van der Waals surface area (Å²) in [7, 11) is 2.95. The van der Waals surface area contributed by atoms with Gasteiger partial charge in [-0.3, -0.25) is 23.6 Å². The van der Waals surface area contributed by atoms with Crippen molar-refractivity contribution in [3.05, 3.63) is 98.8 Å². The number of aryl methyl sites for hydroxylation is 1. The lowest BCUT2D eigenvalue weighted by molar-refractivity contribution is 0.0982. The van der Waals surface area contributed by atoms with Gasteiger partial charge >= 0.3 is 5.69 Å². The van der Waals surface area contributed by atoms with Gasteiger partial charge in [0.2, 0.25) is 0 Å². The Hall–Kier alpha value is -4.11. The van der Waals surface area contributed by atoms with Gasteiger partial charge in [-0.1, -0.05) is 53.8 Å². The normalized spacial score (nSPS) is 11.2. The van der Waals surface area contributed by atoms with Crippen molar-refractivity contribution < 1.29 is 4.79 Å². The molecule has 0 saturated carbocycles. The zero-order valence-corrected chi connectivity index (χ0v) is 19.5. The molecular formula is C25H21N5O3S. The second kappa shape index (κ2) is 8.68. The summed E-state index contributed by atoms with van der Waals surface area (Å²) in [6, 6.07) is 20.7. The molecule has 0 N–H and O–H groups in total. The van der Waals surface area contributed by atoms with E-state index in [9.17, 15) is 14.4 Å². The van der Waals surface area contributed by atoms with E-state index in [1.807, 2.05) is 54.6 Å². The Bertz CT molecular complexity index is 1620. The number of anilines is 1. The highest BCUT2D eigenvalue weighted by molar-refractivity contribution is 7.22. The van der Waals surface area contributed by atoms with Crippen molar-refractivity contribution in [1.29, 1.82) is 0 Å². The van der Waals surface area contributed by atoms with E-state index in [1.165, 1.54) is 36.1 Å². The second-order valence-electron chi connectivity index (χ2n) is 7.93. The van der Waals surface area contributed by atoms with Gasteiger partial charge in [0.15, 0.2) is 5.13 Å². The summed E-state index contributed by atoms with van der Waals surface area (Å²) in [5.74, 6) is -0.343. The van der Waals surface area contributed by atoms with Crippen molar-refractivity contribution in [1.82, 2.24) is 19.1 Å². The topological polar surface area (TPSA) is 90.1 Å². The first-order valence-corrected chi connectivity index (χ1v) is 11.5. The fraction of sp³-hybridized carbons (Fsp3) is 0.160. The summed E-state index contributed by atoms with van der Waals surface area (Å²) in [5, 5.41) is 0.846. The Morgan fingerprint density at radius 1 is 0.912 bits per heavy atom. The largest absolute Gasteiger partial charge is 0.332 e. The van der Waals surface area contributed by atoms with Crippen LogP contribution in [0, 0.1) is 0 Å². The van der Waals surface area contributed by atoms with Crippen molar-refractivity contribution in [2.24, 2.45) is 14.1 Å². The molecule has 0 bridgehead atoms. The lowest BCUT2D eigenvalue weighted by atomic mass is 10.1. The van der Waals surface area contributed by atoms with E-state index in [-0.39, 0.29) is 22.6 Å². The van der Waals surface area contributed by atoms with Crippen LogP contribution in [-0.2, 0) is 20.5 Å². The number of hydrogen-bond donors (Lipinski definition) is 0. The van der Waals surface area contributed by atoms with Gasteiger partial charge in [-0.15, -0.1) is 0 Å². The number of rotatable bonds is 5. The van der Waals surface area contributed by atoms with Crippen molar-refractivity contribution in [2.75, 3.05) is 11.4 Å². The summed E-state index contributed by atoms with van der Waals surface area (Å²) < 4.78 is 3.28. The third kappa shape index (κ3) is 3.80. The molecule has 2 aromatic carbocycles. The standard InChI is InChI=1S/C25H21N5O3S/c1-28-21-17(22(31)29(2)25(28)33)12-13-19(26-21)23(32)30(15-14-16-8-4-3-5-9-16)24-27-18-10-6-7-11-20(18)34-24/h3-13H,14-15H2,1-2H3. The summed E-state index contributed by atoms with van der Waals surface area (Å²) in [5.41, 5.74) is 1.28. The lowest BCUT2D eigenvalue weighted by Crippen LogP contribution is -2.38. The van der Waals surface area contributed by atoms with Crippen molar-refractivity contribution >= 4 is 43.6 Å². The van der Waals surface area contributed by atoms with Gasteiger partial charge in [-0.25, -0.2) is 14.8 Å². The van der Waals surface area contributed by atoms with Crippen LogP contribution in [0.4, 0.5) is 5.13 Å². The van der Waals surface area contributed by atoms with E-state index < -0.39 is 11.2 Å². The van der Waals surface area contributed by atoms with Crippen LogP contribution in [0.5, 0.6) is 0 Å². The molecule has 0 aliphatic carbocycles. The first-order valence-electron chi connectivity index (χ1n) is 10.7. The molecule has 0 saturated heterocycles. The van der Waals surface area contributed by atoms with E-state index in [4.69, 9.17) is 0 Å². The highest BCUT2D eigenvalue weighted by atomic mass is 32.1. The van der Waals surface area contributed by atoms with Gasteiger partial charge in [0.1, 0.15) is 11.3 Å². The second-order valence-corrected chi connectivity index (χ2v) is 8.94. The molecule has 5 aromatic rings. The van der Waals surface area contributed by atoms with Gasteiger partial charge in [0, 0.05) is 20.6 Å². The molecule has 0 radical (unpaired) electrons. The molecule has 170 valence electrons. The fourth-order valence-corrected chi connectivity index (χ4v) is 4.85. The molecule has 0 unspecified atom stereocenters. The maximum absolute atomic E-state index is 13.7. The van der Waals surface area contributed by atoms with Gasteiger partial charge in [-0.2, -0.15) is 0 Å². The van der Waals surface area contributed by atoms with Gasteiger partial charge < -0.3 is 0 Å². The molecule has 8 nitrogen and oxygen atoms in total. The summed E-state index contributed by atoms with van der Waals surface area (Å²) in [6.07, 6.45) is 0.634. The van der Waals surface area contributed by atoms with Crippen LogP contribution in [0.1, 0.15) is 16.1 Å². The number of aromatic nitrogens is 4. The minimum atomic E-state index is -0.498. The molecule has 3 heterocycles. The number of amides is 1. The van der Waals surface area contributed by atoms with E-state index >= 15 is 0 Å². The molecule has 0 aliphatic rings. The predicted octanol–water partition coefficient (Wildman–Crippen LogP) is 3.13. The molecule has 0 fully saturated rings. The van der Waals surface area contributed by atoms with E-state index in [0.29, 0.717) is 18.1 Å². The van der Waals surface area contributed by atoms with E-state index in [2.05, 4.69) is 9.97 Å². The quantitative estimate of drug-likeness (QED) is 0.393. The number of nitrogens with zero attached hydrogens (tertiary/aromatic N) is 5. The van der Waals surface area contributed by atoms with Crippen LogP contribution >= 0.6 is 11.3 Å². The Balaban J connectivity index is 1.58. The SMILES string of the molecule is Cn1c(=O)c2ccc(C(=O)N(CCc3ccccc3)c3nc4ccccc4s3)nc2n(C)c1=O. The van der Waals surface area contributed by atoms with E-state index in [0.717, 1.165) is 20.3 Å². The lowest BCUT2D eigenvalue weighted by Gasteiger charge is -2.20. The number of thiazole rings is 1. The highest BCUT2D eigenvalue weighted by Gasteiger charge is 2.23. The third-order valence-electron chi connectivity index (χ3n) is 5.75. The predicted molar refractivity (Wildman–Crippen MR) is 134 cm³/mol. The van der Waals surface area contributed by atoms with Crippen LogP contribution in [-0.4, -0.2) is 31.6 Å². The van der Waals surface area contributed by atoms with Crippen LogP contribution in [0.3, 0.4) is 0 Å². The zero-order valence-electron chi connectivity index (χ0n) is 18.6. The number of pyridine rings is 1. The summed E-state index contributed by atoms with van der Waals surface area (Å²) in [6.45, 7) is 0.401. The monoisotopic (exact) mass is 471 g/mol. The molecule has 0 spiro atoms. The van der Waals surface area contributed by atoms with Crippen LogP contribution in [0.2, 0.25) is 0 Å². The minimum Gasteiger partial charge on any atom is -0.282 e. The minimum absolute atomic E-state index is 0.142. The maximum atomic E-state index is 13.7.